The maximum atomic E-state index is 6.49. The summed E-state index contributed by atoms with van der Waals surface area (Å²) in [5.41, 5.74) is 2.13. The molecule has 0 aromatic heterocycles. The molecule has 0 fully saturated rings. The lowest BCUT2D eigenvalue weighted by molar-refractivity contribution is 0.269. The van der Waals surface area contributed by atoms with Crippen molar-refractivity contribution in [2.45, 2.75) is 33.9 Å². The molecule has 0 heterocycles. The van der Waals surface area contributed by atoms with E-state index in [2.05, 4.69) is 24.1 Å². The lowest BCUT2D eigenvalue weighted by Gasteiger charge is -2.19. The quantitative estimate of drug-likeness (QED) is 0.530. The van der Waals surface area contributed by atoms with E-state index in [-0.39, 0.29) is 0 Å². The number of benzene rings is 2. The van der Waals surface area contributed by atoms with Crippen LogP contribution in [0.3, 0.4) is 0 Å². The van der Waals surface area contributed by atoms with Crippen LogP contribution in [0.5, 0.6) is 11.5 Å². The van der Waals surface area contributed by atoms with E-state index < -0.39 is 0 Å². The third kappa shape index (κ3) is 7.06. The van der Waals surface area contributed by atoms with Gasteiger partial charge in [-0.25, -0.2) is 0 Å². The summed E-state index contributed by atoms with van der Waals surface area (Å²) in [6.07, 6.45) is 0. The summed E-state index contributed by atoms with van der Waals surface area (Å²) < 4.78 is 11.7. The van der Waals surface area contributed by atoms with Crippen LogP contribution < -0.4 is 14.8 Å². The first-order valence-corrected chi connectivity index (χ1v) is 10.1. The molecule has 0 bridgehead atoms. The van der Waals surface area contributed by atoms with Gasteiger partial charge in [-0.05, 0) is 37.2 Å². The first kappa shape index (κ1) is 21.5. The van der Waals surface area contributed by atoms with Gasteiger partial charge in [0.05, 0.1) is 6.61 Å². The summed E-state index contributed by atoms with van der Waals surface area (Å²) >= 11 is 6.49. The van der Waals surface area contributed by atoms with Gasteiger partial charge in [0, 0.05) is 30.7 Å². The predicted molar refractivity (Wildman–Crippen MR) is 113 cm³/mol. The molecule has 0 aliphatic rings. The van der Waals surface area contributed by atoms with Gasteiger partial charge in [0.1, 0.15) is 6.61 Å². The second kappa shape index (κ2) is 11.9. The highest BCUT2D eigenvalue weighted by molar-refractivity contribution is 6.31. The summed E-state index contributed by atoms with van der Waals surface area (Å²) in [6, 6.07) is 13.9. The standard InChI is InChI=1S/C22H31ClN2O2/c1-4-25(5-2)13-12-24-16-19-14-21(26-6-3)22(15-20(19)23)27-17-18-10-8-7-9-11-18/h7-11,14-15,24H,4-6,12-13,16-17H2,1-3H3. The van der Waals surface area contributed by atoms with Crippen molar-refractivity contribution in [3.05, 3.63) is 58.6 Å². The SMILES string of the molecule is CCOc1cc(CNCCN(CC)CC)c(Cl)cc1OCc1ccccc1. The van der Waals surface area contributed by atoms with Gasteiger partial charge in [-0.2, -0.15) is 0 Å². The molecule has 5 heteroatoms. The Kier molecular flexibility index (Phi) is 9.46. The Morgan fingerprint density at radius 1 is 0.963 bits per heavy atom. The second-order valence-corrected chi connectivity index (χ2v) is 6.71. The fourth-order valence-electron chi connectivity index (χ4n) is 2.83. The first-order chi connectivity index (χ1) is 13.2. The highest BCUT2D eigenvalue weighted by Gasteiger charge is 2.11. The van der Waals surface area contributed by atoms with Crippen LogP contribution >= 0.6 is 11.6 Å². The smallest absolute Gasteiger partial charge is 0.163 e. The number of rotatable bonds is 12. The molecule has 148 valence electrons. The molecule has 0 atom stereocenters. The van der Waals surface area contributed by atoms with Gasteiger partial charge in [0.25, 0.3) is 0 Å². The van der Waals surface area contributed by atoms with Crippen molar-refractivity contribution in [3.8, 4) is 11.5 Å². The normalized spacial score (nSPS) is 11.0. The van der Waals surface area contributed by atoms with Gasteiger partial charge in [-0.3, -0.25) is 0 Å². The van der Waals surface area contributed by atoms with Crippen LogP contribution in [0.2, 0.25) is 5.02 Å². The monoisotopic (exact) mass is 390 g/mol. The van der Waals surface area contributed by atoms with Crippen molar-refractivity contribution < 1.29 is 9.47 Å². The summed E-state index contributed by atoms with van der Waals surface area (Å²) in [5.74, 6) is 1.41. The number of hydrogen-bond donors (Lipinski definition) is 1. The Morgan fingerprint density at radius 3 is 2.33 bits per heavy atom. The van der Waals surface area contributed by atoms with Crippen molar-refractivity contribution in [1.82, 2.24) is 10.2 Å². The lowest BCUT2D eigenvalue weighted by Crippen LogP contribution is -2.31. The molecule has 0 saturated carbocycles. The van der Waals surface area contributed by atoms with Gasteiger partial charge < -0.3 is 19.7 Å². The number of likely N-dealkylation sites (N-methyl/N-ethyl adjacent to an activating group) is 1. The van der Waals surface area contributed by atoms with Gasteiger partial charge in [0.15, 0.2) is 11.5 Å². The third-order valence-corrected chi connectivity index (χ3v) is 4.82. The third-order valence-electron chi connectivity index (χ3n) is 4.46. The molecule has 2 rings (SSSR count). The molecule has 0 amide bonds. The number of nitrogens with one attached hydrogen (secondary N) is 1. The second-order valence-electron chi connectivity index (χ2n) is 6.30. The molecule has 2 aromatic carbocycles. The highest BCUT2D eigenvalue weighted by Crippen LogP contribution is 2.34. The van der Waals surface area contributed by atoms with Crippen LogP contribution in [0, 0.1) is 0 Å². The maximum Gasteiger partial charge on any atom is 0.163 e. The molecule has 1 N–H and O–H groups in total. The van der Waals surface area contributed by atoms with E-state index in [9.17, 15) is 0 Å². The van der Waals surface area contributed by atoms with Crippen LogP contribution in [0.25, 0.3) is 0 Å². The van der Waals surface area contributed by atoms with E-state index >= 15 is 0 Å². The Morgan fingerprint density at radius 2 is 1.67 bits per heavy atom. The fourth-order valence-corrected chi connectivity index (χ4v) is 3.05. The van der Waals surface area contributed by atoms with Gasteiger partial charge in [-0.1, -0.05) is 55.8 Å². The molecular formula is C22H31ClN2O2. The average Bonchev–Trinajstić information content (AvgIpc) is 2.70. The molecule has 0 aliphatic carbocycles. The Bertz CT molecular complexity index is 676. The molecule has 0 saturated heterocycles. The Balaban J connectivity index is 1.99. The van der Waals surface area contributed by atoms with E-state index in [1.165, 1.54) is 0 Å². The molecule has 27 heavy (non-hydrogen) atoms. The molecule has 4 nitrogen and oxygen atoms in total. The highest BCUT2D eigenvalue weighted by atomic mass is 35.5. The minimum absolute atomic E-state index is 0.485. The predicted octanol–water partition coefficient (Wildman–Crippen LogP) is 4.75. The number of hydrogen-bond acceptors (Lipinski definition) is 4. The molecular weight excluding hydrogens is 360 g/mol. The fraction of sp³-hybridized carbons (Fsp3) is 0.455. The average molecular weight is 391 g/mol. The molecule has 0 aliphatic heterocycles. The zero-order valence-electron chi connectivity index (χ0n) is 16.6. The zero-order valence-corrected chi connectivity index (χ0v) is 17.4. The van der Waals surface area contributed by atoms with E-state index in [0.29, 0.717) is 30.5 Å². The van der Waals surface area contributed by atoms with Crippen molar-refractivity contribution in [2.24, 2.45) is 0 Å². The van der Waals surface area contributed by atoms with Crippen molar-refractivity contribution in [2.75, 3.05) is 32.8 Å². The van der Waals surface area contributed by atoms with Crippen LogP contribution in [0.4, 0.5) is 0 Å². The van der Waals surface area contributed by atoms with E-state index in [1.807, 2.05) is 49.4 Å². The van der Waals surface area contributed by atoms with Crippen LogP contribution in [-0.2, 0) is 13.2 Å². The molecule has 0 spiro atoms. The summed E-state index contributed by atoms with van der Waals surface area (Å²) in [6.45, 7) is 12.2. The van der Waals surface area contributed by atoms with E-state index in [4.69, 9.17) is 21.1 Å². The van der Waals surface area contributed by atoms with Crippen LogP contribution in [0.15, 0.2) is 42.5 Å². The van der Waals surface area contributed by atoms with Crippen molar-refractivity contribution in [3.63, 3.8) is 0 Å². The largest absolute Gasteiger partial charge is 0.490 e. The Labute approximate surface area is 168 Å². The van der Waals surface area contributed by atoms with E-state index in [1.54, 1.807) is 0 Å². The minimum atomic E-state index is 0.485. The number of ether oxygens (including phenoxy) is 2. The van der Waals surface area contributed by atoms with Crippen LogP contribution in [-0.4, -0.2) is 37.7 Å². The molecule has 0 radical (unpaired) electrons. The Hall–Kier alpha value is -1.75. The van der Waals surface area contributed by atoms with Gasteiger partial charge in [-0.15, -0.1) is 0 Å². The summed E-state index contributed by atoms with van der Waals surface area (Å²) in [4.78, 5) is 2.39. The van der Waals surface area contributed by atoms with E-state index in [0.717, 1.165) is 43.1 Å². The lowest BCUT2D eigenvalue weighted by atomic mass is 10.2. The van der Waals surface area contributed by atoms with Crippen molar-refractivity contribution in [1.29, 1.82) is 0 Å². The maximum absolute atomic E-state index is 6.49. The zero-order chi connectivity index (χ0) is 19.5. The van der Waals surface area contributed by atoms with Gasteiger partial charge >= 0.3 is 0 Å². The van der Waals surface area contributed by atoms with Crippen molar-refractivity contribution >= 4 is 11.6 Å². The summed E-state index contributed by atoms with van der Waals surface area (Å²) in [7, 11) is 0. The molecule has 0 unspecified atom stereocenters. The first-order valence-electron chi connectivity index (χ1n) is 9.72. The topological polar surface area (TPSA) is 33.7 Å². The van der Waals surface area contributed by atoms with Gasteiger partial charge in [0.2, 0.25) is 0 Å². The summed E-state index contributed by atoms with van der Waals surface area (Å²) in [5, 5.41) is 4.16. The number of nitrogens with zero attached hydrogens (tertiary/aromatic N) is 1. The number of halogens is 1. The van der Waals surface area contributed by atoms with Crippen LogP contribution in [0.1, 0.15) is 31.9 Å². The minimum Gasteiger partial charge on any atom is -0.490 e. The molecule has 2 aromatic rings.